The van der Waals surface area contributed by atoms with Crippen molar-refractivity contribution in [1.29, 1.82) is 5.26 Å². The van der Waals surface area contributed by atoms with Crippen LogP contribution in [0.1, 0.15) is 27.2 Å². The number of nitrogens with zero attached hydrogens (tertiary/aromatic N) is 3. The van der Waals surface area contributed by atoms with Gasteiger partial charge in [-0.1, -0.05) is 0 Å². The molecule has 0 fully saturated rings. The highest BCUT2D eigenvalue weighted by atomic mass is 32.2. The van der Waals surface area contributed by atoms with Crippen molar-refractivity contribution in [1.82, 2.24) is 14.9 Å². The Morgan fingerprint density at radius 3 is 3.09 bits per heavy atom. The lowest BCUT2D eigenvalue weighted by Gasteiger charge is -2.29. The maximum atomic E-state index is 12.7. The summed E-state index contributed by atoms with van der Waals surface area (Å²) in [4.78, 5) is 33.1. The van der Waals surface area contributed by atoms with Crippen molar-refractivity contribution in [3.8, 4) is 6.07 Å². The number of nitrogens with one attached hydrogen (secondary N) is 1. The maximum absolute atomic E-state index is 12.7. The predicted molar refractivity (Wildman–Crippen MR) is 86.2 cm³/mol. The summed E-state index contributed by atoms with van der Waals surface area (Å²) in [6, 6.07) is 6.97. The number of nitriles is 1. The zero-order valence-electron chi connectivity index (χ0n) is 12.5. The molecule has 2 aromatic heterocycles. The monoisotopic (exact) mass is 326 g/mol. The number of carbonyl (C=O) groups is 1. The first kappa shape index (κ1) is 15.3. The van der Waals surface area contributed by atoms with Gasteiger partial charge in [0, 0.05) is 31.4 Å². The van der Waals surface area contributed by atoms with Gasteiger partial charge in [-0.15, -0.1) is 11.8 Å². The van der Waals surface area contributed by atoms with Gasteiger partial charge in [0.1, 0.15) is 16.7 Å². The molecule has 3 heterocycles. The van der Waals surface area contributed by atoms with Crippen LogP contribution < -0.4 is 5.56 Å². The number of hydrogen-bond donors (Lipinski definition) is 1. The van der Waals surface area contributed by atoms with Gasteiger partial charge in [-0.05, 0) is 30.0 Å². The van der Waals surface area contributed by atoms with E-state index in [2.05, 4.69) is 9.97 Å². The molecule has 0 unspecified atom stereocenters. The average Bonchev–Trinajstić information content (AvgIpc) is 2.60. The highest BCUT2D eigenvalue weighted by molar-refractivity contribution is 7.98. The normalized spacial score (nSPS) is 13.3. The molecule has 0 bridgehead atoms. The molecule has 2 aromatic rings. The SMILES string of the molecule is CSc1ncccc1C(=O)N1CCc2[nH]c(=O)c(C#N)cc2C1. The number of aromatic nitrogens is 2. The minimum Gasteiger partial charge on any atom is -0.334 e. The number of fused-ring (bicyclic) bond motifs is 1. The molecule has 23 heavy (non-hydrogen) atoms. The smallest absolute Gasteiger partial charge is 0.266 e. The number of aromatic amines is 1. The van der Waals surface area contributed by atoms with Gasteiger partial charge in [-0.2, -0.15) is 5.26 Å². The second-order valence-corrected chi connectivity index (χ2v) is 5.96. The summed E-state index contributed by atoms with van der Waals surface area (Å²) in [7, 11) is 0. The molecule has 116 valence electrons. The molecule has 1 aliphatic heterocycles. The Morgan fingerprint density at radius 1 is 1.52 bits per heavy atom. The first-order chi connectivity index (χ1) is 11.1. The first-order valence-electron chi connectivity index (χ1n) is 7.07. The molecular weight excluding hydrogens is 312 g/mol. The molecule has 0 saturated heterocycles. The van der Waals surface area contributed by atoms with Crippen molar-refractivity contribution in [2.24, 2.45) is 0 Å². The Morgan fingerprint density at radius 2 is 2.35 bits per heavy atom. The highest BCUT2D eigenvalue weighted by Gasteiger charge is 2.25. The van der Waals surface area contributed by atoms with Crippen LogP contribution in [0.5, 0.6) is 0 Å². The van der Waals surface area contributed by atoms with E-state index in [9.17, 15) is 9.59 Å². The summed E-state index contributed by atoms with van der Waals surface area (Å²) in [5.41, 5.74) is 1.89. The van der Waals surface area contributed by atoms with E-state index in [1.165, 1.54) is 11.8 Å². The molecule has 7 heteroatoms. The number of hydrogen-bond acceptors (Lipinski definition) is 5. The molecule has 6 nitrogen and oxygen atoms in total. The van der Waals surface area contributed by atoms with Gasteiger partial charge in [-0.3, -0.25) is 9.59 Å². The third kappa shape index (κ3) is 2.85. The summed E-state index contributed by atoms with van der Waals surface area (Å²) in [6.45, 7) is 0.902. The van der Waals surface area contributed by atoms with Crippen LogP contribution in [0.4, 0.5) is 0 Å². The Balaban J connectivity index is 1.91. The van der Waals surface area contributed by atoms with E-state index < -0.39 is 0 Å². The Hall–Kier alpha value is -2.59. The Labute approximate surface area is 137 Å². The highest BCUT2D eigenvalue weighted by Crippen LogP contribution is 2.22. The van der Waals surface area contributed by atoms with Crippen molar-refractivity contribution in [3.05, 3.63) is 57.1 Å². The molecule has 0 aromatic carbocycles. The fourth-order valence-electron chi connectivity index (χ4n) is 2.65. The van der Waals surface area contributed by atoms with E-state index >= 15 is 0 Å². The zero-order valence-corrected chi connectivity index (χ0v) is 13.3. The number of pyridine rings is 2. The van der Waals surface area contributed by atoms with Gasteiger partial charge in [0.05, 0.1) is 5.56 Å². The maximum Gasteiger partial charge on any atom is 0.266 e. The van der Waals surface area contributed by atoms with E-state index in [4.69, 9.17) is 5.26 Å². The van der Waals surface area contributed by atoms with Crippen molar-refractivity contribution in [3.63, 3.8) is 0 Å². The number of carbonyl (C=O) groups excluding carboxylic acids is 1. The van der Waals surface area contributed by atoms with Gasteiger partial charge in [0.15, 0.2) is 0 Å². The first-order valence-corrected chi connectivity index (χ1v) is 8.30. The van der Waals surface area contributed by atoms with Crippen molar-refractivity contribution in [2.75, 3.05) is 12.8 Å². The molecule has 0 radical (unpaired) electrons. The minimum absolute atomic E-state index is 0.0734. The lowest BCUT2D eigenvalue weighted by molar-refractivity contribution is 0.0729. The van der Waals surface area contributed by atoms with E-state index in [1.807, 2.05) is 12.3 Å². The lowest BCUT2D eigenvalue weighted by atomic mass is 10.0. The third-order valence-electron chi connectivity index (χ3n) is 3.81. The van der Waals surface area contributed by atoms with Crippen molar-refractivity contribution < 1.29 is 4.79 Å². The summed E-state index contributed by atoms with van der Waals surface area (Å²) < 4.78 is 0. The van der Waals surface area contributed by atoms with Crippen molar-refractivity contribution >= 4 is 17.7 Å². The summed E-state index contributed by atoms with van der Waals surface area (Å²) in [5.74, 6) is -0.0854. The Bertz CT molecular complexity index is 869. The van der Waals surface area contributed by atoms with Crippen LogP contribution in [0.25, 0.3) is 0 Å². The van der Waals surface area contributed by atoms with Crippen LogP contribution >= 0.6 is 11.8 Å². The molecule has 0 spiro atoms. The predicted octanol–water partition coefficient (Wildman–Crippen LogP) is 1.56. The summed E-state index contributed by atoms with van der Waals surface area (Å²) >= 11 is 1.43. The standard InChI is InChI=1S/C16H14N4O2S/c1-23-15-12(3-2-5-18-15)16(22)20-6-4-13-11(9-20)7-10(8-17)14(21)19-13/h2-3,5,7H,4,6,9H2,1H3,(H,19,21). The van der Waals surface area contributed by atoms with Gasteiger partial charge in [0.2, 0.25) is 0 Å². The summed E-state index contributed by atoms with van der Waals surface area (Å²) in [6.07, 6.45) is 4.11. The van der Waals surface area contributed by atoms with Crippen LogP contribution in [0, 0.1) is 11.3 Å². The molecule has 1 amide bonds. The molecule has 1 N–H and O–H groups in total. The second-order valence-electron chi connectivity index (χ2n) is 5.16. The van der Waals surface area contributed by atoms with E-state index in [1.54, 1.807) is 29.3 Å². The molecule has 0 aliphatic carbocycles. The van der Waals surface area contributed by atoms with E-state index in [-0.39, 0.29) is 17.0 Å². The Kier molecular flexibility index (Phi) is 4.17. The lowest BCUT2D eigenvalue weighted by Crippen LogP contribution is -2.37. The summed E-state index contributed by atoms with van der Waals surface area (Å²) in [5, 5.41) is 9.68. The van der Waals surface area contributed by atoms with Crippen LogP contribution in [0.15, 0.2) is 34.2 Å². The molecule has 3 rings (SSSR count). The van der Waals surface area contributed by atoms with E-state index in [0.717, 1.165) is 11.3 Å². The fraction of sp³-hybridized carbons (Fsp3) is 0.250. The molecule has 0 atom stereocenters. The second kappa shape index (κ2) is 6.26. The average molecular weight is 326 g/mol. The number of amides is 1. The third-order valence-corrected chi connectivity index (χ3v) is 4.52. The van der Waals surface area contributed by atoms with Crippen molar-refractivity contribution in [2.45, 2.75) is 18.0 Å². The van der Waals surface area contributed by atoms with Crippen LogP contribution in [0.3, 0.4) is 0 Å². The van der Waals surface area contributed by atoms with Gasteiger partial charge in [0.25, 0.3) is 11.5 Å². The van der Waals surface area contributed by atoms with Crippen LogP contribution in [-0.2, 0) is 13.0 Å². The fourth-order valence-corrected chi connectivity index (χ4v) is 3.19. The minimum atomic E-state index is -0.372. The largest absolute Gasteiger partial charge is 0.334 e. The number of rotatable bonds is 2. The van der Waals surface area contributed by atoms with Gasteiger partial charge in [-0.25, -0.2) is 4.98 Å². The molecule has 1 aliphatic rings. The molecule has 0 saturated carbocycles. The molecular formula is C16H14N4O2S. The van der Waals surface area contributed by atoms with E-state index in [0.29, 0.717) is 30.1 Å². The zero-order chi connectivity index (χ0) is 16.4. The van der Waals surface area contributed by atoms with Crippen LogP contribution in [-0.4, -0.2) is 33.6 Å². The van der Waals surface area contributed by atoms with Crippen LogP contribution in [0.2, 0.25) is 0 Å². The number of thioether (sulfide) groups is 1. The van der Waals surface area contributed by atoms with Gasteiger partial charge >= 0.3 is 0 Å². The van der Waals surface area contributed by atoms with Gasteiger partial charge < -0.3 is 9.88 Å². The topological polar surface area (TPSA) is 89.8 Å². The quantitative estimate of drug-likeness (QED) is 0.846. The number of H-pyrrole nitrogens is 1.